The van der Waals surface area contributed by atoms with Crippen LogP contribution >= 0.6 is 0 Å². The van der Waals surface area contributed by atoms with E-state index in [9.17, 15) is 19.2 Å². The summed E-state index contributed by atoms with van der Waals surface area (Å²) in [6.07, 6.45) is 11.7. The first-order chi connectivity index (χ1) is 17.3. The minimum absolute atomic E-state index is 0.0332. The molecular formula is C28H50N2O6. The Labute approximate surface area is 218 Å². The predicted molar refractivity (Wildman–Crippen MR) is 140 cm³/mol. The van der Waals surface area contributed by atoms with E-state index in [0.717, 1.165) is 58.0 Å². The number of likely N-dealkylation sites (tertiary alicyclic amines) is 2. The molecule has 2 rings (SSSR count). The van der Waals surface area contributed by atoms with Crippen LogP contribution in [0.1, 0.15) is 105 Å². The number of carbonyl (C=O) groups is 4. The fraction of sp³-hybridized carbons (Fsp3) is 0.857. The average molecular weight is 511 g/mol. The van der Waals surface area contributed by atoms with E-state index in [1.54, 1.807) is 9.80 Å². The number of rotatable bonds is 15. The van der Waals surface area contributed by atoms with Crippen molar-refractivity contribution in [1.29, 1.82) is 0 Å². The van der Waals surface area contributed by atoms with E-state index < -0.39 is 0 Å². The zero-order valence-corrected chi connectivity index (χ0v) is 23.4. The van der Waals surface area contributed by atoms with Crippen LogP contribution in [0.15, 0.2) is 0 Å². The van der Waals surface area contributed by atoms with Crippen molar-refractivity contribution < 1.29 is 28.7 Å². The zero-order valence-electron chi connectivity index (χ0n) is 23.4. The van der Waals surface area contributed by atoms with E-state index in [0.29, 0.717) is 25.9 Å². The maximum atomic E-state index is 12.1. The Hall–Kier alpha value is -2.12. The van der Waals surface area contributed by atoms with Gasteiger partial charge >= 0.3 is 11.9 Å². The molecule has 2 heterocycles. The highest BCUT2D eigenvalue weighted by atomic mass is 16.5. The Kier molecular flexibility index (Phi) is 16.1. The highest BCUT2D eigenvalue weighted by Crippen LogP contribution is 2.21. The molecule has 8 heteroatoms. The maximum absolute atomic E-state index is 12.1. The van der Waals surface area contributed by atoms with E-state index in [1.807, 2.05) is 6.92 Å². The molecule has 3 atom stereocenters. The standard InChI is InChI=1S/C17H31NO3.C11H19NO3/c1-4-6-8-9-10-14(3)21-17(20)15-12-16(19)18(13-15)11-7-5-2;1-3-4-5-6-12-8-9(7-10(12)13)11(14)15-2/h14-15H,4-13H2,1-3H3;9H,3-8H2,1-2H3. The molecule has 0 bridgehead atoms. The van der Waals surface area contributed by atoms with Crippen molar-refractivity contribution in [2.24, 2.45) is 11.8 Å². The van der Waals surface area contributed by atoms with Crippen LogP contribution in [0.5, 0.6) is 0 Å². The molecule has 2 aliphatic rings. The Morgan fingerprint density at radius 3 is 1.81 bits per heavy atom. The number of unbranched alkanes of at least 4 members (excludes halogenated alkanes) is 6. The van der Waals surface area contributed by atoms with Crippen LogP contribution in [-0.2, 0) is 28.7 Å². The van der Waals surface area contributed by atoms with Gasteiger partial charge in [-0.05, 0) is 32.6 Å². The SMILES string of the molecule is CCCCCCC(C)OC(=O)C1CC(=O)N(CCCC)C1.CCCCCN1CC(C(=O)OC)CC1=O. The monoisotopic (exact) mass is 510 g/mol. The molecule has 0 aromatic carbocycles. The lowest BCUT2D eigenvalue weighted by Crippen LogP contribution is -2.28. The van der Waals surface area contributed by atoms with Gasteiger partial charge < -0.3 is 19.3 Å². The fourth-order valence-electron chi connectivity index (χ4n) is 4.57. The quantitative estimate of drug-likeness (QED) is 0.233. The Morgan fingerprint density at radius 2 is 1.28 bits per heavy atom. The maximum Gasteiger partial charge on any atom is 0.311 e. The van der Waals surface area contributed by atoms with Gasteiger partial charge in [-0.25, -0.2) is 0 Å². The van der Waals surface area contributed by atoms with Crippen molar-refractivity contribution in [3.05, 3.63) is 0 Å². The van der Waals surface area contributed by atoms with Crippen molar-refractivity contribution in [2.75, 3.05) is 33.3 Å². The van der Waals surface area contributed by atoms with Crippen LogP contribution in [0.4, 0.5) is 0 Å². The van der Waals surface area contributed by atoms with Gasteiger partial charge in [0.05, 0.1) is 25.0 Å². The van der Waals surface area contributed by atoms with Gasteiger partial charge in [0.25, 0.3) is 0 Å². The summed E-state index contributed by atoms with van der Waals surface area (Å²) < 4.78 is 10.1. The molecule has 0 aromatic heterocycles. The molecule has 0 spiro atoms. The van der Waals surface area contributed by atoms with E-state index in [1.165, 1.54) is 26.4 Å². The van der Waals surface area contributed by atoms with Gasteiger partial charge in [0.15, 0.2) is 0 Å². The Morgan fingerprint density at radius 1 is 0.778 bits per heavy atom. The summed E-state index contributed by atoms with van der Waals surface area (Å²) in [5, 5.41) is 0. The number of ether oxygens (including phenoxy) is 2. The Balaban J connectivity index is 0.000000381. The van der Waals surface area contributed by atoms with Gasteiger partial charge in [-0.1, -0.05) is 59.3 Å². The number of amides is 2. The van der Waals surface area contributed by atoms with E-state index in [2.05, 4.69) is 25.5 Å². The molecule has 0 saturated carbocycles. The van der Waals surface area contributed by atoms with E-state index in [-0.39, 0.29) is 41.7 Å². The van der Waals surface area contributed by atoms with Crippen molar-refractivity contribution >= 4 is 23.8 Å². The van der Waals surface area contributed by atoms with Crippen LogP contribution < -0.4 is 0 Å². The molecule has 2 amide bonds. The molecule has 8 nitrogen and oxygen atoms in total. The van der Waals surface area contributed by atoms with Gasteiger partial charge in [0.2, 0.25) is 11.8 Å². The molecule has 208 valence electrons. The number of hydrogen-bond acceptors (Lipinski definition) is 6. The summed E-state index contributed by atoms with van der Waals surface area (Å²) in [7, 11) is 1.37. The molecule has 3 unspecified atom stereocenters. The third kappa shape index (κ3) is 11.7. The smallest absolute Gasteiger partial charge is 0.311 e. The second-order valence-electron chi connectivity index (χ2n) is 10.2. The molecule has 0 N–H and O–H groups in total. The van der Waals surface area contributed by atoms with Gasteiger partial charge in [-0.3, -0.25) is 19.2 Å². The lowest BCUT2D eigenvalue weighted by atomic mass is 10.1. The molecule has 0 radical (unpaired) electrons. The molecular weight excluding hydrogens is 460 g/mol. The van der Waals surface area contributed by atoms with Crippen molar-refractivity contribution in [3.63, 3.8) is 0 Å². The summed E-state index contributed by atoms with van der Waals surface area (Å²) in [4.78, 5) is 50.3. The topological polar surface area (TPSA) is 93.2 Å². The summed E-state index contributed by atoms with van der Waals surface area (Å²) in [5.41, 5.74) is 0. The lowest BCUT2D eigenvalue weighted by Gasteiger charge is -2.17. The largest absolute Gasteiger partial charge is 0.469 e. The number of hydrogen-bond donors (Lipinski definition) is 0. The second kappa shape index (κ2) is 18.2. The van der Waals surface area contributed by atoms with Gasteiger partial charge in [-0.2, -0.15) is 0 Å². The highest BCUT2D eigenvalue weighted by Gasteiger charge is 2.36. The van der Waals surface area contributed by atoms with Crippen molar-refractivity contribution in [3.8, 4) is 0 Å². The van der Waals surface area contributed by atoms with Crippen LogP contribution in [0, 0.1) is 11.8 Å². The van der Waals surface area contributed by atoms with Crippen LogP contribution in [0.25, 0.3) is 0 Å². The van der Waals surface area contributed by atoms with Crippen LogP contribution in [0.3, 0.4) is 0 Å². The van der Waals surface area contributed by atoms with Gasteiger partial charge in [-0.15, -0.1) is 0 Å². The van der Waals surface area contributed by atoms with Crippen molar-refractivity contribution in [1.82, 2.24) is 9.80 Å². The van der Waals surface area contributed by atoms with E-state index in [4.69, 9.17) is 4.74 Å². The van der Waals surface area contributed by atoms with Crippen molar-refractivity contribution in [2.45, 2.75) is 111 Å². The average Bonchev–Trinajstić information content (AvgIpc) is 3.42. The molecule has 2 saturated heterocycles. The third-order valence-corrected chi connectivity index (χ3v) is 6.89. The minimum atomic E-state index is -0.263. The lowest BCUT2D eigenvalue weighted by molar-refractivity contribution is -0.153. The predicted octanol–water partition coefficient (Wildman–Crippen LogP) is 4.74. The summed E-state index contributed by atoms with van der Waals surface area (Å²) >= 11 is 0. The third-order valence-electron chi connectivity index (χ3n) is 6.89. The molecule has 2 fully saturated rings. The molecule has 36 heavy (non-hydrogen) atoms. The number of carbonyl (C=O) groups excluding carboxylic acids is 4. The highest BCUT2D eigenvalue weighted by molar-refractivity contribution is 5.87. The first kappa shape index (κ1) is 31.9. The van der Waals surface area contributed by atoms with Crippen LogP contribution in [-0.4, -0.2) is 72.9 Å². The molecule has 0 aliphatic carbocycles. The number of esters is 2. The number of nitrogens with zero attached hydrogens (tertiary/aromatic N) is 2. The number of methoxy groups -OCH3 is 1. The minimum Gasteiger partial charge on any atom is -0.469 e. The summed E-state index contributed by atoms with van der Waals surface area (Å²) in [6.45, 7) is 11.0. The molecule has 0 aromatic rings. The van der Waals surface area contributed by atoms with Gasteiger partial charge in [0.1, 0.15) is 0 Å². The fourth-order valence-corrected chi connectivity index (χ4v) is 4.57. The second-order valence-corrected chi connectivity index (χ2v) is 10.2. The summed E-state index contributed by atoms with van der Waals surface area (Å²) in [6, 6.07) is 0. The summed E-state index contributed by atoms with van der Waals surface area (Å²) in [5.74, 6) is -0.772. The van der Waals surface area contributed by atoms with Crippen LogP contribution in [0.2, 0.25) is 0 Å². The normalized spacial score (nSPS) is 20.2. The van der Waals surface area contributed by atoms with Gasteiger partial charge in [0, 0.05) is 39.0 Å². The first-order valence-corrected chi connectivity index (χ1v) is 14.1. The van der Waals surface area contributed by atoms with E-state index >= 15 is 0 Å². The first-order valence-electron chi connectivity index (χ1n) is 14.1. The Bertz CT molecular complexity index is 683. The molecule has 2 aliphatic heterocycles. The zero-order chi connectivity index (χ0) is 26.9.